The average Bonchev–Trinajstić information content (AvgIpc) is 2.44. The maximum atomic E-state index is 13.8. The molecule has 1 unspecified atom stereocenters. The zero-order chi connectivity index (χ0) is 15.3. The molecule has 5 nitrogen and oxygen atoms in total. The smallest absolute Gasteiger partial charge is 0.243 e. The largest absolute Gasteiger partial charge is 0.395 e. The molecule has 0 bridgehead atoms. The van der Waals surface area contributed by atoms with Gasteiger partial charge in [-0.05, 0) is 25.1 Å². The van der Waals surface area contributed by atoms with E-state index in [2.05, 4.69) is 11.8 Å². The van der Waals surface area contributed by atoms with E-state index >= 15 is 0 Å². The highest BCUT2D eigenvalue weighted by atomic mass is 32.2. The molecule has 20 heavy (non-hydrogen) atoms. The van der Waals surface area contributed by atoms with Crippen molar-refractivity contribution in [1.82, 2.24) is 4.31 Å². The van der Waals surface area contributed by atoms with Gasteiger partial charge in [-0.1, -0.05) is 11.8 Å². The first-order valence-electron chi connectivity index (χ1n) is 5.92. The van der Waals surface area contributed by atoms with E-state index in [1.165, 1.54) is 19.2 Å². The lowest BCUT2D eigenvalue weighted by atomic mass is 10.2. The molecule has 0 saturated heterocycles. The third-order valence-corrected chi connectivity index (χ3v) is 4.80. The second kappa shape index (κ2) is 6.81. The normalized spacial score (nSPS) is 12.9. The SMILES string of the molecule is CC(CO)N(C)S(=O)(=O)c1ccc(C#CCN)c(F)c1. The molecule has 3 N–H and O–H groups in total. The van der Waals surface area contributed by atoms with E-state index < -0.39 is 21.9 Å². The number of sulfonamides is 1. The van der Waals surface area contributed by atoms with Gasteiger partial charge in [-0.25, -0.2) is 12.8 Å². The second-order valence-electron chi connectivity index (χ2n) is 4.20. The molecule has 0 amide bonds. The summed E-state index contributed by atoms with van der Waals surface area (Å²) in [6, 6.07) is 2.89. The van der Waals surface area contributed by atoms with Crippen molar-refractivity contribution in [3.05, 3.63) is 29.6 Å². The van der Waals surface area contributed by atoms with E-state index in [-0.39, 0.29) is 23.6 Å². The van der Waals surface area contributed by atoms with Gasteiger partial charge in [0.25, 0.3) is 0 Å². The number of aliphatic hydroxyl groups excluding tert-OH is 1. The van der Waals surface area contributed by atoms with E-state index in [0.717, 1.165) is 10.4 Å². The lowest BCUT2D eigenvalue weighted by molar-refractivity contribution is 0.214. The van der Waals surface area contributed by atoms with Gasteiger partial charge in [0.05, 0.1) is 23.6 Å². The van der Waals surface area contributed by atoms with Crippen LogP contribution in [0.3, 0.4) is 0 Å². The van der Waals surface area contributed by atoms with Crippen LogP contribution in [0, 0.1) is 17.7 Å². The zero-order valence-corrected chi connectivity index (χ0v) is 12.1. The standard InChI is InChI=1S/C13H17FN2O3S/c1-10(9-17)16(2)20(18,19)12-6-5-11(4-3-7-15)13(14)8-12/h5-6,8,10,17H,7,9,15H2,1-2H3. The minimum absolute atomic E-state index is 0.0901. The van der Waals surface area contributed by atoms with Crippen LogP contribution in [-0.4, -0.2) is 44.1 Å². The van der Waals surface area contributed by atoms with E-state index in [4.69, 9.17) is 10.8 Å². The van der Waals surface area contributed by atoms with Crippen molar-refractivity contribution in [3.8, 4) is 11.8 Å². The molecule has 0 heterocycles. The van der Waals surface area contributed by atoms with Gasteiger partial charge in [-0.2, -0.15) is 4.31 Å². The Hall–Kier alpha value is -1.46. The third kappa shape index (κ3) is 3.55. The molecule has 0 aliphatic carbocycles. The average molecular weight is 300 g/mol. The maximum absolute atomic E-state index is 13.8. The van der Waals surface area contributed by atoms with Crippen molar-refractivity contribution in [2.45, 2.75) is 17.9 Å². The van der Waals surface area contributed by atoms with E-state index in [0.29, 0.717) is 0 Å². The summed E-state index contributed by atoms with van der Waals surface area (Å²) >= 11 is 0. The molecule has 0 fully saturated rings. The highest BCUT2D eigenvalue weighted by Gasteiger charge is 2.25. The molecule has 1 rings (SSSR count). The van der Waals surface area contributed by atoms with Gasteiger partial charge in [0, 0.05) is 13.1 Å². The van der Waals surface area contributed by atoms with Crippen LogP contribution in [0.5, 0.6) is 0 Å². The predicted octanol–water partition coefficient (Wildman–Crippen LogP) is 0.137. The van der Waals surface area contributed by atoms with Crippen LogP contribution in [0.15, 0.2) is 23.1 Å². The van der Waals surface area contributed by atoms with E-state index in [1.807, 2.05) is 0 Å². The second-order valence-corrected chi connectivity index (χ2v) is 6.20. The molecule has 1 atom stereocenters. The summed E-state index contributed by atoms with van der Waals surface area (Å²) in [7, 11) is -2.52. The quantitative estimate of drug-likeness (QED) is 0.775. The van der Waals surface area contributed by atoms with E-state index in [1.54, 1.807) is 6.92 Å². The molecule has 0 aromatic heterocycles. The molecule has 0 saturated carbocycles. The molecule has 1 aromatic carbocycles. The number of hydrogen-bond acceptors (Lipinski definition) is 4. The number of nitrogens with two attached hydrogens (primary N) is 1. The Balaban J connectivity index is 3.18. The molecule has 7 heteroatoms. The number of hydrogen-bond donors (Lipinski definition) is 2. The maximum Gasteiger partial charge on any atom is 0.243 e. The summed E-state index contributed by atoms with van der Waals surface area (Å²) in [5.74, 6) is 4.29. The van der Waals surface area contributed by atoms with Crippen molar-refractivity contribution in [2.24, 2.45) is 5.73 Å². The van der Waals surface area contributed by atoms with Crippen LogP contribution >= 0.6 is 0 Å². The summed E-state index contributed by atoms with van der Waals surface area (Å²) < 4.78 is 39.2. The Bertz CT molecular complexity index is 635. The highest BCUT2D eigenvalue weighted by molar-refractivity contribution is 7.89. The topological polar surface area (TPSA) is 83.6 Å². The first-order valence-corrected chi connectivity index (χ1v) is 7.36. The molecule has 0 radical (unpaired) electrons. The van der Waals surface area contributed by atoms with Crippen molar-refractivity contribution in [2.75, 3.05) is 20.2 Å². The number of aliphatic hydroxyl groups is 1. The Morgan fingerprint density at radius 2 is 2.15 bits per heavy atom. The first-order chi connectivity index (χ1) is 9.34. The van der Waals surface area contributed by atoms with Crippen LogP contribution in [0.2, 0.25) is 0 Å². The number of benzene rings is 1. The minimum atomic E-state index is -3.85. The lowest BCUT2D eigenvalue weighted by Crippen LogP contribution is -2.37. The lowest BCUT2D eigenvalue weighted by Gasteiger charge is -2.22. The van der Waals surface area contributed by atoms with Crippen LogP contribution < -0.4 is 5.73 Å². The molecule has 0 spiro atoms. The zero-order valence-electron chi connectivity index (χ0n) is 11.3. The fourth-order valence-corrected chi connectivity index (χ4v) is 2.79. The third-order valence-electron chi connectivity index (χ3n) is 2.83. The van der Waals surface area contributed by atoms with Gasteiger partial charge in [0.15, 0.2) is 0 Å². The molecular weight excluding hydrogens is 283 g/mol. The van der Waals surface area contributed by atoms with Crippen molar-refractivity contribution in [1.29, 1.82) is 0 Å². The van der Waals surface area contributed by atoms with Gasteiger partial charge in [0.2, 0.25) is 10.0 Å². The number of rotatable bonds is 4. The van der Waals surface area contributed by atoms with Crippen molar-refractivity contribution in [3.63, 3.8) is 0 Å². The fourth-order valence-electron chi connectivity index (χ4n) is 1.42. The van der Waals surface area contributed by atoms with Gasteiger partial charge in [-0.3, -0.25) is 0 Å². The van der Waals surface area contributed by atoms with E-state index in [9.17, 15) is 12.8 Å². The van der Waals surface area contributed by atoms with Crippen LogP contribution in [0.4, 0.5) is 4.39 Å². The molecule has 1 aromatic rings. The van der Waals surface area contributed by atoms with Crippen molar-refractivity contribution < 1.29 is 17.9 Å². The van der Waals surface area contributed by atoms with Crippen LogP contribution in [0.25, 0.3) is 0 Å². The van der Waals surface area contributed by atoms with Gasteiger partial charge in [0.1, 0.15) is 5.82 Å². The highest BCUT2D eigenvalue weighted by Crippen LogP contribution is 2.19. The number of likely N-dealkylation sites (N-methyl/N-ethyl adjacent to an activating group) is 1. The Morgan fingerprint density at radius 1 is 1.50 bits per heavy atom. The Morgan fingerprint density at radius 3 is 2.65 bits per heavy atom. The fraction of sp³-hybridized carbons (Fsp3) is 0.385. The summed E-state index contributed by atoms with van der Waals surface area (Å²) in [6.07, 6.45) is 0. The van der Waals surface area contributed by atoms with Crippen molar-refractivity contribution >= 4 is 10.0 Å². The van der Waals surface area contributed by atoms with Crippen LogP contribution in [0.1, 0.15) is 12.5 Å². The Kier molecular flexibility index (Phi) is 5.65. The summed E-state index contributed by atoms with van der Waals surface area (Å²) in [6.45, 7) is 1.32. The number of halogens is 1. The monoisotopic (exact) mass is 300 g/mol. The molecule has 0 aliphatic heterocycles. The first kappa shape index (κ1) is 16.6. The molecule has 0 aliphatic rings. The van der Waals surface area contributed by atoms with Gasteiger partial charge < -0.3 is 10.8 Å². The van der Waals surface area contributed by atoms with Gasteiger partial charge in [-0.15, -0.1) is 0 Å². The summed E-state index contributed by atoms with van der Waals surface area (Å²) in [4.78, 5) is -0.184. The number of nitrogens with zero attached hydrogens (tertiary/aromatic N) is 1. The Labute approximate surface area is 118 Å². The van der Waals surface area contributed by atoms with Gasteiger partial charge >= 0.3 is 0 Å². The summed E-state index contributed by atoms with van der Waals surface area (Å²) in [5, 5.41) is 9.00. The summed E-state index contributed by atoms with van der Waals surface area (Å²) in [5.41, 5.74) is 5.28. The minimum Gasteiger partial charge on any atom is -0.395 e. The predicted molar refractivity (Wildman–Crippen MR) is 73.8 cm³/mol. The molecule has 110 valence electrons. The molecular formula is C13H17FN2O3S. The van der Waals surface area contributed by atoms with Crippen LogP contribution in [-0.2, 0) is 10.0 Å².